The lowest BCUT2D eigenvalue weighted by molar-refractivity contribution is -0.138. The summed E-state index contributed by atoms with van der Waals surface area (Å²) >= 11 is 0. The zero-order chi connectivity index (χ0) is 14.8. The van der Waals surface area contributed by atoms with Crippen LogP contribution in [0, 0.1) is 0 Å². The minimum absolute atomic E-state index is 0.193. The number of hydrogen-bond donors (Lipinski definition) is 1. The highest BCUT2D eigenvalue weighted by molar-refractivity contribution is 5.74. The number of carbonyl (C=O) groups is 1. The maximum absolute atomic E-state index is 13.0. The maximum atomic E-state index is 13.0. The smallest absolute Gasteiger partial charge is 0.419 e. The Morgan fingerprint density at radius 1 is 1.40 bits per heavy atom. The quantitative estimate of drug-likeness (QED) is 0.925. The highest BCUT2D eigenvalue weighted by atomic mass is 19.4. The van der Waals surface area contributed by atoms with Crippen LogP contribution in [0.5, 0.6) is 0 Å². The van der Waals surface area contributed by atoms with E-state index in [1.807, 2.05) is 0 Å². The van der Waals surface area contributed by atoms with E-state index in [4.69, 9.17) is 5.11 Å². The summed E-state index contributed by atoms with van der Waals surface area (Å²) in [4.78, 5) is 16.0. The number of halogens is 3. The maximum Gasteiger partial charge on any atom is 0.419 e. The third-order valence-corrected chi connectivity index (χ3v) is 3.44. The lowest BCUT2D eigenvalue weighted by Gasteiger charge is -2.30. The molecule has 0 bridgehead atoms. The first-order valence-electron chi connectivity index (χ1n) is 6.40. The van der Waals surface area contributed by atoms with Crippen LogP contribution in [0.3, 0.4) is 0 Å². The van der Waals surface area contributed by atoms with Crippen LogP contribution < -0.4 is 4.90 Å². The first kappa shape index (κ1) is 14.6. The normalized spacial score (nSPS) is 16.4. The van der Waals surface area contributed by atoms with Gasteiger partial charge in [-0.15, -0.1) is 0 Å². The number of alkyl halides is 3. The molecule has 1 aromatic rings. The Morgan fingerprint density at radius 2 is 2.05 bits per heavy atom. The fourth-order valence-corrected chi connectivity index (χ4v) is 2.59. The molecule has 0 saturated heterocycles. The van der Waals surface area contributed by atoms with Crippen LogP contribution >= 0.6 is 0 Å². The van der Waals surface area contributed by atoms with Gasteiger partial charge in [-0.25, -0.2) is 4.98 Å². The van der Waals surface area contributed by atoms with Gasteiger partial charge in [0, 0.05) is 12.2 Å². The molecule has 0 radical (unpaired) electrons. The number of anilines is 1. The predicted molar refractivity (Wildman–Crippen MR) is 66.5 cm³/mol. The molecule has 0 aliphatic heterocycles. The van der Waals surface area contributed by atoms with Crippen LogP contribution in [-0.2, 0) is 11.0 Å². The molecule has 7 heteroatoms. The van der Waals surface area contributed by atoms with E-state index in [1.165, 1.54) is 17.2 Å². The summed E-state index contributed by atoms with van der Waals surface area (Å²) in [5, 5.41) is 8.95. The molecule has 20 heavy (non-hydrogen) atoms. The van der Waals surface area contributed by atoms with Gasteiger partial charge in [-0.2, -0.15) is 13.2 Å². The van der Waals surface area contributed by atoms with Crippen LogP contribution in [0.1, 0.15) is 31.2 Å². The molecule has 1 aliphatic rings. The van der Waals surface area contributed by atoms with Gasteiger partial charge in [-0.05, 0) is 25.0 Å². The highest BCUT2D eigenvalue weighted by Crippen LogP contribution is 2.37. The molecule has 0 aromatic carbocycles. The summed E-state index contributed by atoms with van der Waals surface area (Å²) in [6.07, 6.45) is -0.0976. The van der Waals surface area contributed by atoms with Crippen molar-refractivity contribution in [2.45, 2.75) is 37.9 Å². The molecule has 1 saturated carbocycles. The van der Waals surface area contributed by atoms with Crippen molar-refractivity contribution in [3.05, 3.63) is 23.9 Å². The van der Waals surface area contributed by atoms with Crippen molar-refractivity contribution >= 4 is 11.8 Å². The van der Waals surface area contributed by atoms with Gasteiger partial charge in [-0.1, -0.05) is 12.8 Å². The molecule has 4 nitrogen and oxygen atoms in total. The van der Waals surface area contributed by atoms with Crippen molar-refractivity contribution in [2.24, 2.45) is 0 Å². The molecule has 0 atom stereocenters. The number of carboxylic acid groups (broad SMARTS) is 1. The SMILES string of the molecule is O=C(O)CN(c1ncccc1C(F)(F)F)C1CCCC1. The minimum atomic E-state index is -4.54. The van der Waals surface area contributed by atoms with E-state index < -0.39 is 24.3 Å². The van der Waals surface area contributed by atoms with Gasteiger partial charge < -0.3 is 10.0 Å². The molecular formula is C13H15F3N2O2. The third kappa shape index (κ3) is 3.20. The first-order valence-corrected chi connectivity index (χ1v) is 6.40. The Kier molecular flexibility index (Phi) is 4.15. The zero-order valence-corrected chi connectivity index (χ0v) is 10.7. The van der Waals surface area contributed by atoms with Gasteiger partial charge in [-0.3, -0.25) is 4.79 Å². The summed E-state index contributed by atoms with van der Waals surface area (Å²) in [5.41, 5.74) is -0.881. The molecule has 1 N–H and O–H groups in total. The average Bonchev–Trinajstić information content (AvgIpc) is 2.88. The molecule has 1 heterocycles. The van der Waals surface area contributed by atoms with Gasteiger partial charge in [0.25, 0.3) is 0 Å². The zero-order valence-electron chi connectivity index (χ0n) is 10.7. The van der Waals surface area contributed by atoms with Crippen molar-refractivity contribution in [2.75, 3.05) is 11.4 Å². The summed E-state index contributed by atoms with van der Waals surface area (Å²) in [6.45, 7) is -0.468. The van der Waals surface area contributed by atoms with E-state index in [9.17, 15) is 18.0 Å². The first-order chi connectivity index (χ1) is 9.39. The second-order valence-electron chi connectivity index (χ2n) is 4.83. The van der Waals surface area contributed by atoms with Crippen molar-refractivity contribution in [3.63, 3.8) is 0 Å². The number of carboxylic acids is 1. The van der Waals surface area contributed by atoms with E-state index in [0.717, 1.165) is 18.9 Å². The van der Waals surface area contributed by atoms with E-state index in [0.29, 0.717) is 12.8 Å². The Balaban J connectivity index is 2.40. The molecule has 0 amide bonds. The Labute approximate surface area is 114 Å². The standard InChI is InChI=1S/C13H15F3N2O2/c14-13(15,16)10-6-3-7-17-12(10)18(8-11(19)20)9-4-1-2-5-9/h3,6-7,9H,1-2,4-5,8H2,(H,19,20). The number of aromatic nitrogens is 1. The van der Waals surface area contributed by atoms with Gasteiger partial charge in [0.2, 0.25) is 0 Å². The Hall–Kier alpha value is -1.79. The highest BCUT2D eigenvalue weighted by Gasteiger charge is 2.37. The lowest BCUT2D eigenvalue weighted by atomic mass is 10.1. The molecule has 1 aliphatic carbocycles. The fourth-order valence-electron chi connectivity index (χ4n) is 2.59. The summed E-state index contributed by atoms with van der Waals surface area (Å²) in [5.74, 6) is -1.44. The minimum Gasteiger partial charge on any atom is -0.480 e. The van der Waals surface area contributed by atoms with Crippen LogP contribution in [-0.4, -0.2) is 28.6 Å². The number of aliphatic carboxylic acids is 1. The van der Waals surface area contributed by atoms with Gasteiger partial charge >= 0.3 is 12.1 Å². The van der Waals surface area contributed by atoms with Crippen LogP contribution in [0.4, 0.5) is 19.0 Å². The molecule has 0 spiro atoms. The summed E-state index contributed by atoms with van der Waals surface area (Å²) in [7, 11) is 0. The molecule has 2 rings (SSSR count). The van der Waals surface area contributed by atoms with Crippen LogP contribution in [0.25, 0.3) is 0 Å². The molecule has 110 valence electrons. The van der Waals surface area contributed by atoms with Crippen molar-refractivity contribution in [1.82, 2.24) is 4.98 Å². The van der Waals surface area contributed by atoms with Crippen molar-refractivity contribution in [1.29, 1.82) is 0 Å². The predicted octanol–water partition coefficient (Wildman–Crippen LogP) is 2.93. The Morgan fingerprint density at radius 3 is 2.60 bits per heavy atom. The third-order valence-electron chi connectivity index (χ3n) is 3.44. The largest absolute Gasteiger partial charge is 0.480 e. The van der Waals surface area contributed by atoms with Gasteiger partial charge in [0.1, 0.15) is 12.4 Å². The van der Waals surface area contributed by atoms with Gasteiger partial charge in [0.05, 0.1) is 5.56 Å². The number of hydrogen-bond acceptors (Lipinski definition) is 3. The second-order valence-corrected chi connectivity index (χ2v) is 4.83. The van der Waals surface area contributed by atoms with Gasteiger partial charge in [0.15, 0.2) is 0 Å². The topological polar surface area (TPSA) is 53.4 Å². The Bertz CT molecular complexity index is 485. The fraction of sp³-hybridized carbons (Fsp3) is 0.538. The number of pyridine rings is 1. The molecular weight excluding hydrogens is 273 g/mol. The van der Waals surface area contributed by atoms with Crippen molar-refractivity contribution in [3.8, 4) is 0 Å². The number of rotatable bonds is 4. The summed E-state index contributed by atoms with van der Waals surface area (Å²) < 4.78 is 39.1. The second kappa shape index (κ2) is 5.68. The van der Waals surface area contributed by atoms with Crippen molar-refractivity contribution < 1.29 is 23.1 Å². The van der Waals surface area contributed by atoms with Crippen LogP contribution in [0.15, 0.2) is 18.3 Å². The number of nitrogens with zero attached hydrogens (tertiary/aromatic N) is 2. The van der Waals surface area contributed by atoms with Crippen LogP contribution in [0.2, 0.25) is 0 Å². The monoisotopic (exact) mass is 288 g/mol. The van der Waals surface area contributed by atoms with E-state index in [1.54, 1.807) is 0 Å². The molecule has 0 unspecified atom stereocenters. The molecule has 1 aromatic heterocycles. The lowest BCUT2D eigenvalue weighted by Crippen LogP contribution is -2.39. The average molecular weight is 288 g/mol. The van der Waals surface area contributed by atoms with E-state index in [-0.39, 0.29) is 11.9 Å². The summed E-state index contributed by atoms with van der Waals surface area (Å²) in [6, 6.07) is 1.95. The van der Waals surface area contributed by atoms with E-state index >= 15 is 0 Å². The molecule has 1 fully saturated rings. The van der Waals surface area contributed by atoms with E-state index in [2.05, 4.69) is 4.98 Å².